The second-order valence-electron chi connectivity index (χ2n) is 6.67. The highest BCUT2D eigenvalue weighted by Gasteiger charge is 2.20. The molecule has 2 N–H and O–H groups in total. The van der Waals surface area contributed by atoms with Crippen LogP contribution in [0.5, 0.6) is 0 Å². The molecule has 3 rings (SSSR count). The number of fused-ring (bicyclic) bond motifs is 1. The van der Waals surface area contributed by atoms with Crippen LogP contribution < -0.4 is 10.9 Å². The van der Waals surface area contributed by atoms with E-state index in [1.54, 1.807) is 0 Å². The van der Waals surface area contributed by atoms with Crippen molar-refractivity contribution in [2.75, 3.05) is 5.32 Å². The van der Waals surface area contributed by atoms with E-state index in [1.807, 2.05) is 39.0 Å². The molecule has 0 aliphatic heterocycles. The number of benzene rings is 1. The second kappa shape index (κ2) is 7.93. The van der Waals surface area contributed by atoms with E-state index in [2.05, 4.69) is 10.3 Å². The van der Waals surface area contributed by atoms with Crippen LogP contribution in [0.1, 0.15) is 40.7 Å². The fourth-order valence-corrected chi connectivity index (χ4v) is 3.93. The van der Waals surface area contributed by atoms with E-state index < -0.39 is 11.5 Å². The van der Waals surface area contributed by atoms with Gasteiger partial charge in [-0.15, -0.1) is 11.3 Å². The monoisotopic (exact) mass is 399 g/mol. The molecule has 0 bridgehead atoms. The maximum Gasteiger partial charge on any atom is 0.337 e. The second-order valence-corrected chi connectivity index (χ2v) is 7.53. The third kappa shape index (κ3) is 3.82. The van der Waals surface area contributed by atoms with Gasteiger partial charge in [-0.1, -0.05) is 19.1 Å². The maximum atomic E-state index is 13.0. The smallest absolute Gasteiger partial charge is 0.337 e. The standard InChI is InChI=1S/C20H21N3O4S/c1-4-5-15-22-18-17(13(10-28-18)20(26)27)19(25)23(15)9-16(24)21-14-8-11(2)6-7-12(14)3/h6-8,10H,4-5,9H2,1-3H3,(H,21,24)(H,26,27). The number of aromatic carboxylic acids is 1. The maximum absolute atomic E-state index is 13.0. The zero-order valence-corrected chi connectivity index (χ0v) is 16.7. The molecule has 0 spiro atoms. The van der Waals surface area contributed by atoms with Crippen molar-refractivity contribution in [1.82, 2.24) is 9.55 Å². The molecular formula is C20H21N3O4S. The molecule has 0 atom stereocenters. The number of amides is 1. The summed E-state index contributed by atoms with van der Waals surface area (Å²) in [5, 5.41) is 13.6. The lowest BCUT2D eigenvalue weighted by Crippen LogP contribution is -2.31. The largest absolute Gasteiger partial charge is 0.478 e. The van der Waals surface area contributed by atoms with Gasteiger partial charge in [0.15, 0.2) is 0 Å². The number of aromatic nitrogens is 2. The van der Waals surface area contributed by atoms with E-state index in [0.717, 1.165) is 28.9 Å². The highest BCUT2D eigenvalue weighted by molar-refractivity contribution is 7.17. The number of rotatable bonds is 6. The average molecular weight is 399 g/mol. The molecule has 28 heavy (non-hydrogen) atoms. The van der Waals surface area contributed by atoms with Crippen molar-refractivity contribution >= 4 is 39.1 Å². The number of anilines is 1. The summed E-state index contributed by atoms with van der Waals surface area (Å²) >= 11 is 1.12. The summed E-state index contributed by atoms with van der Waals surface area (Å²) in [7, 11) is 0. The van der Waals surface area contributed by atoms with E-state index in [4.69, 9.17) is 0 Å². The van der Waals surface area contributed by atoms with Gasteiger partial charge < -0.3 is 10.4 Å². The lowest BCUT2D eigenvalue weighted by molar-refractivity contribution is -0.116. The minimum absolute atomic E-state index is 0.0527. The number of hydrogen-bond donors (Lipinski definition) is 2. The third-order valence-corrected chi connectivity index (χ3v) is 5.32. The lowest BCUT2D eigenvalue weighted by Gasteiger charge is -2.13. The van der Waals surface area contributed by atoms with Crippen molar-refractivity contribution in [3.05, 3.63) is 56.4 Å². The van der Waals surface area contributed by atoms with E-state index in [0.29, 0.717) is 22.8 Å². The number of thiophene rings is 1. The van der Waals surface area contributed by atoms with Gasteiger partial charge in [0.1, 0.15) is 17.2 Å². The summed E-state index contributed by atoms with van der Waals surface area (Å²) in [4.78, 5) is 41.9. The Morgan fingerprint density at radius 1 is 1.29 bits per heavy atom. The first-order valence-electron chi connectivity index (χ1n) is 8.93. The molecule has 8 heteroatoms. The van der Waals surface area contributed by atoms with Gasteiger partial charge in [-0.25, -0.2) is 9.78 Å². The SMILES string of the molecule is CCCc1nc2scc(C(=O)O)c2c(=O)n1CC(=O)Nc1cc(C)ccc1C. The molecule has 146 valence electrons. The van der Waals surface area contributed by atoms with Crippen LogP contribution in [0.25, 0.3) is 10.2 Å². The Morgan fingerprint density at radius 2 is 2.04 bits per heavy atom. The van der Waals surface area contributed by atoms with Crippen LogP contribution in [0.15, 0.2) is 28.4 Å². The van der Waals surface area contributed by atoms with Crippen LogP contribution in [0.3, 0.4) is 0 Å². The van der Waals surface area contributed by atoms with Gasteiger partial charge in [-0.05, 0) is 37.5 Å². The Kier molecular flexibility index (Phi) is 5.60. The van der Waals surface area contributed by atoms with Gasteiger partial charge in [-0.2, -0.15) is 0 Å². The number of hydrogen-bond acceptors (Lipinski definition) is 5. The number of carbonyl (C=O) groups excluding carboxylic acids is 1. The van der Waals surface area contributed by atoms with Crippen molar-refractivity contribution in [1.29, 1.82) is 0 Å². The van der Waals surface area contributed by atoms with Crippen LogP contribution >= 0.6 is 11.3 Å². The van der Waals surface area contributed by atoms with Gasteiger partial charge >= 0.3 is 5.97 Å². The summed E-state index contributed by atoms with van der Waals surface area (Å²) in [6, 6.07) is 5.74. The number of carboxylic acid groups (broad SMARTS) is 1. The van der Waals surface area contributed by atoms with E-state index in [-0.39, 0.29) is 23.4 Å². The zero-order valence-electron chi connectivity index (χ0n) is 15.9. The highest BCUT2D eigenvalue weighted by atomic mass is 32.1. The first kappa shape index (κ1) is 19.8. The van der Waals surface area contributed by atoms with E-state index in [1.165, 1.54) is 9.95 Å². The van der Waals surface area contributed by atoms with Gasteiger partial charge in [0.2, 0.25) is 5.91 Å². The fraction of sp³-hybridized carbons (Fsp3) is 0.300. The Bertz CT molecular complexity index is 1130. The van der Waals surface area contributed by atoms with Crippen LogP contribution in [0.2, 0.25) is 0 Å². The average Bonchev–Trinajstić information content (AvgIpc) is 3.06. The van der Waals surface area contributed by atoms with E-state index in [9.17, 15) is 19.5 Å². The number of nitrogens with one attached hydrogen (secondary N) is 1. The van der Waals surface area contributed by atoms with Crippen LogP contribution in [-0.4, -0.2) is 26.5 Å². The molecule has 1 aromatic carbocycles. The van der Waals surface area contributed by atoms with Gasteiger partial charge in [-0.3, -0.25) is 14.2 Å². The van der Waals surface area contributed by atoms with Crippen molar-refractivity contribution in [2.24, 2.45) is 0 Å². The molecular weight excluding hydrogens is 378 g/mol. The Morgan fingerprint density at radius 3 is 2.71 bits per heavy atom. The van der Waals surface area contributed by atoms with Gasteiger partial charge in [0.25, 0.3) is 5.56 Å². The van der Waals surface area contributed by atoms with Crippen molar-refractivity contribution in [3.63, 3.8) is 0 Å². The Labute approximate surface area is 165 Å². The van der Waals surface area contributed by atoms with Gasteiger partial charge in [0, 0.05) is 17.5 Å². The minimum Gasteiger partial charge on any atom is -0.478 e. The molecule has 0 radical (unpaired) electrons. The predicted octanol–water partition coefficient (Wildman–Crippen LogP) is 3.36. The molecule has 0 fully saturated rings. The molecule has 3 aromatic rings. The topological polar surface area (TPSA) is 101 Å². The quantitative estimate of drug-likeness (QED) is 0.662. The molecule has 0 aliphatic rings. The molecule has 2 heterocycles. The lowest BCUT2D eigenvalue weighted by atomic mass is 10.1. The molecule has 2 aromatic heterocycles. The highest BCUT2D eigenvalue weighted by Crippen LogP contribution is 2.22. The summed E-state index contributed by atoms with van der Waals surface area (Å²) in [6.07, 6.45) is 1.26. The first-order valence-corrected chi connectivity index (χ1v) is 9.81. The van der Waals surface area contributed by atoms with Crippen LogP contribution in [0, 0.1) is 13.8 Å². The minimum atomic E-state index is -1.18. The summed E-state index contributed by atoms with van der Waals surface area (Å²) < 4.78 is 1.28. The normalized spacial score (nSPS) is 11.0. The first-order chi connectivity index (χ1) is 13.3. The molecule has 0 aliphatic carbocycles. The molecule has 1 amide bonds. The summed E-state index contributed by atoms with van der Waals surface area (Å²) in [5.41, 5.74) is 2.04. The molecule has 0 unspecified atom stereocenters. The molecule has 0 saturated heterocycles. The van der Waals surface area contributed by atoms with Crippen molar-refractivity contribution < 1.29 is 14.7 Å². The number of carbonyl (C=O) groups is 2. The number of aryl methyl sites for hydroxylation is 3. The molecule has 0 saturated carbocycles. The Balaban J connectivity index is 2.01. The fourth-order valence-electron chi connectivity index (χ4n) is 3.01. The Hall–Kier alpha value is -3.00. The van der Waals surface area contributed by atoms with Crippen LogP contribution in [-0.2, 0) is 17.8 Å². The number of nitrogens with zero attached hydrogens (tertiary/aromatic N) is 2. The van der Waals surface area contributed by atoms with Crippen molar-refractivity contribution in [2.45, 2.75) is 40.2 Å². The van der Waals surface area contributed by atoms with Crippen molar-refractivity contribution in [3.8, 4) is 0 Å². The number of carboxylic acids is 1. The van der Waals surface area contributed by atoms with E-state index >= 15 is 0 Å². The summed E-state index contributed by atoms with van der Waals surface area (Å²) in [6.45, 7) is 5.55. The third-order valence-electron chi connectivity index (χ3n) is 4.45. The zero-order chi connectivity index (χ0) is 20.4. The molecule has 7 nitrogen and oxygen atoms in total. The van der Waals surface area contributed by atoms with Gasteiger partial charge in [0.05, 0.1) is 10.9 Å². The van der Waals surface area contributed by atoms with Crippen LogP contribution in [0.4, 0.5) is 5.69 Å². The predicted molar refractivity (Wildman–Crippen MR) is 109 cm³/mol. The summed E-state index contributed by atoms with van der Waals surface area (Å²) in [5.74, 6) is -1.06.